The molecule has 164 valence electrons. The van der Waals surface area contributed by atoms with Gasteiger partial charge in [0.15, 0.2) is 11.9 Å². The number of para-hydroxylation sites is 1. The fourth-order valence-electron chi connectivity index (χ4n) is 3.50. The van der Waals surface area contributed by atoms with Gasteiger partial charge in [0.1, 0.15) is 17.5 Å². The first-order chi connectivity index (χ1) is 15.9. The molecule has 0 spiro atoms. The number of aromatic nitrogens is 6. The van der Waals surface area contributed by atoms with Crippen LogP contribution in [0.1, 0.15) is 11.6 Å². The summed E-state index contributed by atoms with van der Waals surface area (Å²) in [6, 6.07) is 7.43. The lowest BCUT2D eigenvalue weighted by atomic mass is 9.99. The molecule has 0 aliphatic heterocycles. The molecule has 0 radical (unpaired) electrons. The van der Waals surface area contributed by atoms with Gasteiger partial charge in [-0.1, -0.05) is 23.7 Å². The lowest BCUT2D eigenvalue weighted by Crippen LogP contribution is -2.29. The monoisotopic (exact) mass is 467 g/mol. The van der Waals surface area contributed by atoms with Crippen LogP contribution < -0.4 is 5.32 Å². The Bertz CT molecular complexity index is 1460. The van der Waals surface area contributed by atoms with E-state index in [-0.39, 0.29) is 28.3 Å². The summed E-state index contributed by atoms with van der Waals surface area (Å²) in [4.78, 5) is 24.8. The Labute approximate surface area is 189 Å². The summed E-state index contributed by atoms with van der Waals surface area (Å²) in [6.45, 7) is 0. The molecule has 0 aliphatic carbocycles. The van der Waals surface area contributed by atoms with Crippen molar-refractivity contribution in [2.75, 3.05) is 5.32 Å². The Morgan fingerprint density at radius 1 is 0.909 bits per heavy atom. The van der Waals surface area contributed by atoms with Gasteiger partial charge in [0.05, 0.1) is 27.9 Å². The third-order valence-corrected chi connectivity index (χ3v) is 5.25. The number of rotatable bonds is 4. The number of hydrogen-bond donors (Lipinski definition) is 1. The Morgan fingerprint density at radius 2 is 1.79 bits per heavy atom. The summed E-state index contributed by atoms with van der Waals surface area (Å²) in [5.41, 5.74) is 1.01. The number of fused-ring (bicyclic) bond motifs is 2. The van der Waals surface area contributed by atoms with Crippen molar-refractivity contribution < 1.29 is 13.2 Å². The van der Waals surface area contributed by atoms with Gasteiger partial charge in [-0.05, 0) is 24.3 Å². The van der Waals surface area contributed by atoms with E-state index in [9.17, 15) is 13.2 Å². The van der Waals surface area contributed by atoms with E-state index in [1.54, 1.807) is 30.3 Å². The molecular weight excluding hydrogens is 455 g/mol. The highest BCUT2D eigenvalue weighted by atomic mass is 35.5. The Morgan fingerprint density at radius 3 is 2.58 bits per heavy atom. The maximum Gasteiger partial charge on any atom is 0.412 e. The number of nitrogens with one attached hydrogen (secondary N) is 1. The van der Waals surface area contributed by atoms with Crippen molar-refractivity contribution in [1.29, 1.82) is 0 Å². The van der Waals surface area contributed by atoms with Gasteiger partial charge >= 0.3 is 6.18 Å². The highest BCUT2D eigenvalue weighted by Gasteiger charge is 2.43. The van der Waals surface area contributed by atoms with Crippen molar-refractivity contribution in [3.63, 3.8) is 0 Å². The molecule has 4 heterocycles. The highest BCUT2D eigenvalue weighted by Crippen LogP contribution is 2.41. The Hall–Kier alpha value is -3.92. The van der Waals surface area contributed by atoms with Crippen LogP contribution in [0.5, 0.6) is 0 Å². The number of pyridine rings is 2. The largest absolute Gasteiger partial charge is 0.412 e. The molecule has 0 amide bonds. The topological polar surface area (TPSA) is 89.4 Å². The SMILES string of the molecule is FC(F)(F)[C@H](Nc1ncnc2cccnc12)c1cc2cccc(Cl)c2nc1-c1cnccn1. The minimum atomic E-state index is -4.71. The minimum absolute atomic E-state index is 0.00449. The van der Waals surface area contributed by atoms with Crippen molar-refractivity contribution in [2.24, 2.45) is 0 Å². The maximum absolute atomic E-state index is 14.5. The number of benzene rings is 1. The van der Waals surface area contributed by atoms with E-state index in [0.29, 0.717) is 21.4 Å². The molecule has 0 fully saturated rings. The number of halogens is 4. The fourth-order valence-corrected chi connectivity index (χ4v) is 3.72. The van der Waals surface area contributed by atoms with Crippen LogP contribution >= 0.6 is 11.6 Å². The molecule has 4 aromatic heterocycles. The van der Waals surface area contributed by atoms with Crippen molar-refractivity contribution in [1.82, 2.24) is 29.9 Å². The molecule has 1 atom stereocenters. The van der Waals surface area contributed by atoms with Gasteiger partial charge < -0.3 is 5.32 Å². The summed E-state index contributed by atoms with van der Waals surface area (Å²) >= 11 is 6.27. The predicted molar refractivity (Wildman–Crippen MR) is 118 cm³/mol. The quantitative estimate of drug-likeness (QED) is 0.378. The van der Waals surface area contributed by atoms with Gasteiger partial charge in [-0.3, -0.25) is 15.0 Å². The van der Waals surface area contributed by atoms with Crippen LogP contribution in [0.15, 0.2) is 67.5 Å². The van der Waals surface area contributed by atoms with E-state index in [0.717, 1.165) is 0 Å². The van der Waals surface area contributed by atoms with Crippen LogP contribution in [0.2, 0.25) is 5.02 Å². The van der Waals surface area contributed by atoms with E-state index >= 15 is 0 Å². The first kappa shape index (κ1) is 21.0. The molecular formula is C22H13ClF3N7. The molecule has 33 heavy (non-hydrogen) atoms. The molecule has 1 N–H and O–H groups in total. The van der Waals surface area contributed by atoms with Gasteiger partial charge in [0, 0.05) is 29.5 Å². The van der Waals surface area contributed by atoms with Gasteiger partial charge in [-0.15, -0.1) is 0 Å². The van der Waals surface area contributed by atoms with Crippen LogP contribution in [0.4, 0.5) is 19.0 Å². The van der Waals surface area contributed by atoms with Crippen molar-refractivity contribution in [3.8, 4) is 11.4 Å². The first-order valence-electron chi connectivity index (χ1n) is 9.66. The van der Waals surface area contributed by atoms with Gasteiger partial charge in [0.25, 0.3) is 0 Å². The predicted octanol–water partition coefficient (Wildman–Crippen LogP) is 5.40. The molecule has 0 aliphatic rings. The molecule has 7 nitrogen and oxygen atoms in total. The van der Waals surface area contributed by atoms with E-state index in [2.05, 4.69) is 35.2 Å². The normalized spacial score (nSPS) is 12.7. The maximum atomic E-state index is 14.5. The van der Waals surface area contributed by atoms with Crippen molar-refractivity contribution in [3.05, 3.63) is 78.1 Å². The van der Waals surface area contributed by atoms with E-state index < -0.39 is 12.2 Å². The smallest absolute Gasteiger partial charge is 0.353 e. The fraction of sp³-hybridized carbons (Fsp3) is 0.0909. The summed E-state index contributed by atoms with van der Waals surface area (Å²) < 4.78 is 43.4. The third kappa shape index (κ3) is 4.00. The average Bonchev–Trinajstić information content (AvgIpc) is 2.82. The summed E-state index contributed by atoms with van der Waals surface area (Å²) in [6.07, 6.45) is 2.09. The van der Waals surface area contributed by atoms with Crippen molar-refractivity contribution >= 4 is 39.4 Å². The number of alkyl halides is 3. The second-order valence-corrected chi connectivity index (χ2v) is 7.45. The summed E-state index contributed by atoms with van der Waals surface area (Å²) in [7, 11) is 0. The lowest BCUT2D eigenvalue weighted by molar-refractivity contribution is -0.143. The van der Waals surface area contributed by atoms with E-state index in [4.69, 9.17) is 11.6 Å². The van der Waals surface area contributed by atoms with E-state index in [1.807, 2.05) is 0 Å². The van der Waals surface area contributed by atoms with Crippen LogP contribution in [0.3, 0.4) is 0 Å². The molecule has 0 unspecified atom stereocenters. The Kier molecular flexibility index (Phi) is 5.21. The zero-order valence-corrected chi connectivity index (χ0v) is 17.4. The van der Waals surface area contributed by atoms with Gasteiger partial charge in [0.2, 0.25) is 0 Å². The second-order valence-electron chi connectivity index (χ2n) is 7.04. The average molecular weight is 468 g/mol. The zero-order valence-electron chi connectivity index (χ0n) is 16.6. The van der Waals surface area contributed by atoms with Gasteiger partial charge in [-0.25, -0.2) is 15.0 Å². The molecule has 5 rings (SSSR count). The highest BCUT2D eigenvalue weighted by molar-refractivity contribution is 6.35. The third-order valence-electron chi connectivity index (χ3n) is 4.95. The Balaban J connectivity index is 1.74. The zero-order chi connectivity index (χ0) is 23.0. The van der Waals surface area contributed by atoms with Gasteiger partial charge in [-0.2, -0.15) is 13.2 Å². The van der Waals surface area contributed by atoms with Crippen molar-refractivity contribution in [2.45, 2.75) is 12.2 Å². The lowest BCUT2D eigenvalue weighted by Gasteiger charge is -2.25. The van der Waals surface area contributed by atoms with Crippen LogP contribution in [0.25, 0.3) is 33.3 Å². The summed E-state index contributed by atoms with van der Waals surface area (Å²) in [5.74, 6) is -0.0563. The van der Waals surface area contributed by atoms with E-state index in [1.165, 1.54) is 37.2 Å². The number of nitrogens with zero attached hydrogens (tertiary/aromatic N) is 6. The second kappa shape index (κ2) is 8.21. The molecule has 1 aromatic carbocycles. The molecule has 0 bridgehead atoms. The van der Waals surface area contributed by atoms with Crippen LogP contribution in [-0.4, -0.2) is 36.1 Å². The van der Waals surface area contributed by atoms with Crippen LogP contribution in [0, 0.1) is 0 Å². The molecule has 11 heteroatoms. The standard InChI is InChI=1S/C22H13ClF3N7/c23-14-4-1-3-12-9-13(18(32-17(12)14)16-10-27-7-8-28-16)20(22(24,25)26)33-21-19-15(30-11-31-21)5-2-6-29-19/h1-11,20H,(H,30,31,33)/t20-/m1/s1. The van der Waals surface area contributed by atoms with Crippen LogP contribution in [-0.2, 0) is 0 Å². The number of anilines is 1. The minimum Gasteiger partial charge on any atom is -0.353 e. The first-order valence-corrected chi connectivity index (χ1v) is 10.0. The number of hydrogen-bond acceptors (Lipinski definition) is 7. The molecule has 5 aromatic rings. The molecule has 0 saturated heterocycles. The summed E-state index contributed by atoms with van der Waals surface area (Å²) in [5, 5.41) is 3.27. The molecule has 0 saturated carbocycles.